The van der Waals surface area contributed by atoms with Crippen LogP contribution in [0.15, 0.2) is 29.2 Å². The topological polar surface area (TPSA) is 102 Å². The number of hydrogen-bond donors (Lipinski definition) is 1. The molecule has 2 aliphatic rings. The predicted molar refractivity (Wildman–Crippen MR) is 101 cm³/mol. The summed E-state index contributed by atoms with van der Waals surface area (Å²) >= 11 is 0. The lowest BCUT2D eigenvalue weighted by Gasteiger charge is -2.34. The normalized spacial score (nSPS) is 24.4. The quantitative estimate of drug-likeness (QED) is 0.710. The van der Waals surface area contributed by atoms with Crippen molar-refractivity contribution in [2.45, 2.75) is 62.9 Å². The Labute approximate surface area is 165 Å². The van der Waals surface area contributed by atoms with Gasteiger partial charge in [-0.05, 0) is 51.8 Å². The highest BCUT2D eigenvalue weighted by Gasteiger charge is 2.33. The third kappa shape index (κ3) is 4.89. The second kappa shape index (κ2) is 8.18. The maximum Gasteiger partial charge on any atom is 0.338 e. The van der Waals surface area contributed by atoms with Gasteiger partial charge in [-0.1, -0.05) is 6.07 Å². The molecule has 0 spiro atoms. The third-order valence-electron chi connectivity index (χ3n) is 4.67. The lowest BCUT2D eigenvalue weighted by atomic mass is 10.2. The SMILES string of the molecule is CC1CN(S(=O)(=O)c2cccc(C(=O)OC(C)C(=O)NC3CC3)c2)CC(C)O1. The molecule has 1 amide bonds. The monoisotopic (exact) mass is 410 g/mol. The lowest BCUT2D eigenvalue weighted by molar-refractivity contribution is -0.129. The van der Waals surface area contributed by atoms with Gasteiger partial charge in [0.1, 0.15) is 0 Å². The molecule has 3 atom stereocenters. The molecule has 3 rings (SSSR count). The fraction of sp³-hybridized carbons (Fsp3) is 0.579. The summed E-state index contributed by atoms with van der Waals surface area (Å²) in [7, 11) is -3.77. The lowest BCUT2D eigenvalue weighted by Crippen LogP contribution is -2.48. The first kappa shape index (κ1) is 20.8. The Morgan fingerprint density at radius 3 is 2.46 bits per heavy atom. The van der Waals surface area contributed by atoms with Gasteiger partial charge in [-0.15, -0.1) is 0 Å². The van der Waals surface area contributed by atoms with Gasteiger partial charge in [0, 0.05) is 19.1 Å². The van der Waals surface area contributed by atoms with Crippen molar-refractivity contribution in [3.05, 3.63) is 29.8 Å². The molecule has 1 heterocycles. The van der Waals surface area contributed by atoms with E-state index < -0.39 is 22.1 Å². The van der Waals surface area contributed by atoms with Crippen LogP contribution in [-0.2, 0) is 24.3 Å². The van der Waals surface area contributed by atoms with Gasteiger partial charge in [0.05, 0.1) is 22.7 Å². The van der Waals surface area contributed by atoms with Crippen LogP contribution in [0.25, 0.3) is 0 Å². The Hall–Kier alpha value is -1.97. The van der Waals surface area contributed by atoms with Crippen LogP contribution in [0.5, 0.6) is 0 Å². The van der Waals surface area contributed by atoms with Gasteiger partial charge in [0.2, 0.25) is 10.0 Å². The first-order chi connectivity index (χ1) is 13.2. The number of carbonyl (C=O) groups is 2. The van der Waals surface area contributed by atoms with E-state index in [-0.39, 0.29) is 47.7 Å². The van der Waals surface area contributed by atoms with Gasteiger partial charge in [-0.3, -0.25) is 4.79 Å². The minimum absolute atomic E-state index is 0.0123. The van der Waals surface area contributed by atoms with Crippen LogP contribution in [0.1, 0.15) is 44.0 Å². The number of nitrogens with zero attached hydrogens (tertiary/aromatic N) is 1. The van der Waals surface area contributed by atoms with Gasteiger partial charge >= 0.3 is 5.97 Å². The van der Waals surface area contributed by atoms with Crippen molar-refractivity contribution in [1.82, 2.24) is 9.62 Å². The molecule has 1 saturated heterocycles. The molecule has 2 fully saturated rings. The minimum atomic E-state index is -3.77. The number of esters is 1. The van der Waals surface area contributed by atoms with E-state index in [2.05, 4.69) is 5.32 Å². The van der Waals surface area contributed by atoms with Gasteiger partial charge in [0.15, 0.2) is 6.10 Å². The Morgan fingerprint density at radius 1 is 1.21 bits per heavy atom. The standard InChI is InChI=1S/C19H26N2O6S/c1-12-10-21(11-13(2)26-12)28(24,25)17-6-4-5-15(9-17)19(23)27-14(3)18(22)20-16-7-8-16/h4-6,9,12-14,16H,7-8,10-11H2,1-3H3,(H,20,22). The van der Waals surface area contributed by atoms with Crippen molar-refractivity contribution in [2.24, 2.45) is 0 Å². The van der Waals surface area contributed by atoms with Crippen LogP contribution in [0, 0.1) is 0 Å². The zero-order valence-electron chi connectivity index (χ0n) is 16.3. The van der Waals surface area contributed by atoms with Crippen LogP contribution in [0.3, 0.4) is 0 Å². The van der Waals surface area contributed by atoms with Crippen molar-refractivity contribution >= 4 is 21.9 Å². The molecule has 1 aromatic carbocycles. The summed E-state index contributed by atoms with van der Waals surface area (Å²) in [6, 6.07) is 5.86. The average molecular weight is 410 g/mol. The van der Waals surface area contributed by atoms with E-state index in [1.807, 2.05) is 13.8 Å². The van der Waals surface area contributed by atoms with E-state index >= 15 is 0 Å². The molecule has 0 aromatic heterocycles. The highest BCUT2D eigenvalue weighted by atomic mass is 32.2. The summed E-state index contributed by atoms with van der Waals surface area (Å²) in [4.78, 5) is 24.4. The second-order valence-corrected chi connectivity index (χ2v) is 9.38. The Morgan fingerprint density at radius 2 is 1.86 bits per heavy atom. The number of sulfonamides is 1. The van der Waals surface area contributed by atoms with Gasteiger partial charge < -0.3 is 14.8 Å². The number of morpholine rings is 1. The number of rotatable bonds is 6. The molecule has 1 N–H and O–H groups in total. The first-order valence-corrected chi connectivity index (χ1v) is 10.9. The van der Waals surface area contributed by atoms with E-state index in [0.717, 1.165) is 12.8 Å². The maximum atomic E-state index is 13.0. The predicted octanol–water partition coefficient (Wildman–Crippen LogP) is 1.31. The summed E-state index contributed by atoms with van der Waals surface area (Å²) in [5.74, 6) is -1.09. The molecule has 28 heavy (non-hydrogen) atoms. The summed E-state index contributed by atoms with van der Waals surface area (Å²) in [6.07, 6.45) is 0.500. The zero-order chi connectivity index (χ0) is 20.5. The van der Waals surface area contributed by atoms with E-state index in [9.17, 15) is 18.0 Å². The molecule has 0 bridgehead atoms. The fourth-order valence-electron chi connectivity index (χ4n) is 3.09. The summed E-state index contributed by atoms with van der Waals surface area (Å²) in [5, 5.41) is 2.77. The number of carbonyl (C=O) groups excluding carboxylic acids is 2. The minimum Gasteiger partial charge on any atom is -0.449 e. The maximum absolute atomic E-state index is 13.0. The first-order valence-electron chi connectivity index (χ1n) is 9.44. The molecule has 0 radical (unpaired) electrons. The Bertz CT molecular complexity index is 842. The summed E-state index contributed by atoms with van der Waals surface area (Å²) in [6.45, 7) is 5.63. The van der Waals surface area contributed by atoms with Crippen molar-refractivity contribution < 1.29 is 27.5 Å². The number of amides is 1. The van der Waals surface area contributed by atoms with Crippen LogP contribution in [0.2, 0.25) is 0 Å². The third-order valence-corrected chi connectivity index (χ3v) is 6.50. The van der Waals surface area contributed by atoms with Crippen LogP contribution < -0.4 is 5.32 Å². The van der Waals surface area contributed by atoms with Crippen LogP contribution in [0.4, 0.5) is 0 Å². The van der Waals surface area contributed by atoms with Crippen LogP contribution >= 0.6 is 0 Å². The number of nitrogens with one attached hydrogen (secondary N) is 1. The van der Waals surface area contributed by atoms with E-state index in [4.69, 9.17) is 9.47 Å². The van der Waals surface area contributed by atoms with E-state index in [1.165, 1.54) is 35.5 Å². The molecule has 3 unspecified atom stereocenters. The number of hydrogen-bond acceptors (Lipinski definition) is 6. The van der Waals surface area contributed by atoms with Crippen LogP contribution in [-0.4, -0.2) is 62.0 Å². The smallest absolute Gasteiger partial charge is 0.338 e. The molecular formula is C19H26N2O6S. The molecule has 8 nitrogen and oxygen atoms in total. The fourth-order valence-corrected chi connectivity index (χ4v) is 4.72. The molecule has 1 aromatic rings. The molecule has 9 heteroatoms. The summed E-state index contributed by atoms with van der Waals surface area (Å²) < 4.78 is 38.1. The Balaban J connectivity index is 1.71. The molecular weight excluding hydrogens is 384 g/mol. The van der Waals surface area contributed by atoms with Gasteiger partial charge in [-0.2, -0.15) is 4.31 Å². The highest BCUT2D eigenvalue weighted by Crippen LogP contribution is 2.22. The molecule has 1 aliphatic heterocycles. The van der Waals surface area contributed by atoms with E-state index in [1.54, 1.807) is 0 Å². The van der Waals surface area contributed by atoms with Crippen molar-refractivity contribution in [3.63, 3.8) is 0 Å². The summed E-state index contributed by atoms with van der Waals surface area (Å²) in [5.41, 5.74) is 0.0847. The highest BCUT2D eigenvalue weighted by molar-refractivity contribution is 7.89. The average Bonchev–Trinajstić information content (AvgIpc) is 3.44. The number of benzene rings is 1. The van der Waals surface area contributed by atoms with E-state index in [0.29, 0.717) is 0 Å². The second-order valence-electron chi connectivity index (χ2n) is 7.44. The Kier molecular flexibility index (Phi) is 6.07. The van der Waals surface area contributed by atoms with Gasteiger partial charge in [0.25, 0.3) is 5.91 Å². The van der Waals surface area contributed by atoms with Crippen molar-refractivity contribution in [2.75, 3.05) is 13.1 Å². The molecule has 154 valence electrons. The van der Waals surface area contributed by atoms with Crippen molar-refractivity contribution in [1.29, 1.82) is 0 Å². The number of ether oxygens (including phenoxy) is 2. The van der Waals surface area contributed by atoms with Crippen molar-refractivity contribution in [3.8, 4) is 0 Å². The molecule has 1 aliphatic carbocycles. The molecule has 1 saturated carbocycles. The largest absolute Gasteiger partial charge is 0.449 e. The van der Waals surface area contributed by atoms with Gasteiger partial charge in [-0.25, -0.2) is 13.2 Å². The zero-order valence-corrected chi connectivity index (χ0v) is 17.1.